The Kier molecular flexibility index (Phi) is 35.8. The van der Waals surface area contributed by atoms with Gasteiger partial charge in [0.15, 0.2) is 12.6 Å². The van der Waals surface area contributed by atoms with E-state index in [0.29, 0.717) is 51.0 Å². The number of ether oxygens (including phenoxy) is 4. The molecule has 0 aromatic carbocycles. The van der Waals surface area contributed by atoms with Crippen LogP contribution in [0.25, 0.3) is 0 Å². The summed E-state index contributed by atoms with van der Waals surface area (Å²) in [4.78, 5) is 2.20. The standard InChI is InChI=1S/C41H85NO7/c1-7-13-30-46-41(47-31-14-8-2)27-26-39(45)33-42(28-18-15-19-29-43)32-38(44)24-16-17-25-40(48-34-36(20-9-3)21-10-4)49-35-37(22-11-5)23-12-6/h36-41,43-45H,7-35H2,1-6H3. The van der Waals surface area contributed by atoms with Gasteiger partial charge in [-0.05, 0) is 102 Å². The molecule has 8 nitrogen and oxygen atoms in total. The van der Waals surface area contributed by atoms with E-state index in [-0.39, 0.29) is 19.2 Å². The Morgan fingerprint density at radius 1 is 0.449 bits per heavy atom. The molecule has 0 saturated carbocycles. The van der Waals surface area contributed by atoms with Crippen molar-refractivity contribution in [3.63, 3.8) is 0 Å². The van der Waals surface area contributed by atoms with Gasteiger partial charge in [-0.1, -0.05) is 86.5 Å². The molecule has 0 amide bonds. The Labute approximate surface area is 304 Å². The van der Waals surface area contributed by atoms with Crippen LogP contribution in [0, 0.1) is 11.8 Å². The number of hydrogen-bond donors (Lipinski definition) is 3. The Balaban J connectivity index is 5.04. The van der Waals surface area contributed by atoms with Gasteiger partial charge in [0.2, 0.25) is 0 Å². The fourth-order valence-electron chi connectivity index (χ4n) is 6.57. The molecule has 8 heteroatoms. The highest BCUT2D eigenvalue weighted by atomic mass is 16.7. The number of aliphatic hydroxyl groups is 3. The quantitative estimate of drug-likeness (QED) is 0.0430. The summed E-state index contributed by atoms with van der Waals surface area (Å²) < 4.78 is 24.8. The van der Waals surface area contributed by atoms with Gasteiger partial charge in [0, 0.05) is 39.3 Å². The summed E-state index contributed by atoms with van der Waals surface area (Å²) >= 11 is 0. The van der Waals surface area contributed by atoms with E-state index in [1.807, 2.05) is 0 Å². The third-order valence-electron chi connectivity index (χ3n) is 9.46. The molecule has 0 aromatic rings. The molecule has 0 aromatic heterocycles. The molecule has 0 rings (SSSR count). The minimum absolute atomic E-state index is 0.177. The number of unbranched alkanes of at least 4 members (excludes halogenated alkanes) is 5. The predicted octanol–water partition coefficient (Wildman–Crippen LogP) is 9.27. The van der Waals surface area contributed by atoms with Crippen molar-refractivity contribution in [2.75, 3.05) is 52.7 Å². The molecule has 49 heavy (non-hydrogen) atoms. The summed E-state index contributed by atoms with van der Waals surface area (Å²) in [6.07, 6.45) is 19.7. The lowest BCUT2D eigenvalue weighted by molar-refractivity contribution is -0.162. The van der Waals surface area contributed by atoms with Crippen molar-refractivity contribution in [2.45, 2.75) is 201 Å². The Bertz CT molecular complexity index is 615. The first-order valence-electron chi connectivity index (χ1n) is 21.0. The molecule has 0 aliphatic rings. The second kappa shape index (κ2) is 36.1. The van der Waals surface area contributed by atoms with Crippen molar-refractivity contribution in [1.29, 1.82) is 0 Å². The van der Waals surface area contributed by atoms with Gasteiger partial charge in [0.05, 0.1) is 25.4 Å². The highest BCUT2D eigenvalue weighted by Gasteiger charge is 2.20. The molecule has 2 atom stereocenters. The normalized spacial score (nSPS) is 13.6. The van der Waals surface area contributed by atoms with E-state index in [1.54, 1.807) is 0 Å². The van der Waals surface area contributed by atoms with Crippen LogP contribution in [0.1, 0.15) is 176 Å². The van der Waals surface area contributed by atoms with Gasteiger partial charge < -0.3 is 34.3 Å². The molecule has 2 unspecified atom stereocenters. The minimum Gasteiger partial charge on any atom is -0.396 e. The summed E-state index contributed by atoms with van der Waals surface area (Å²) in [5.41, 5.74) is 0. The van der Waals surface area contributed by atoms with E-state index in [0.717, 1.165) is 90.4 Å². The van der Waals surface area contributed by atoms with Crippen LogP contribution < -0.4 is 0 Å². The maximum Gasteiger partial charge on any atom is 0.157 e. The van der Waals surface area contributed by atoms with E-state index in [9.17, 15) is 15.3 Å². The second-order valence-electron chi connectivity index (χ2n) is 14.6. The molecule has 0 aliphatic carbocycles. The van der Waals surface area contributed by atoms with Crippen LogP contribution in [-0.4, -0.2) is 97.7 Å². The van der Waals surface area contributed by atoms with Crippen LogP contribution in [-0.2, 0) is 18.9 Å². The molecule has 0 aliphatic heterocycles. The topological polar surface area (TPSA) is 101 Å². The summed E-state index contributed by atoms with van der Waals surface area (Å²) in [5.74, 6) is 1.19. The fourth-order valence-corrected chi connectivity index (χ4v) is 6.57. The molecule has 296 valence electrons. The van der Waals surface area contributed by atoms with Crippen molar-refractivity contribution < 1.29 is 34.3 Å². The average molecular weight is 704 g/mol. The Morgan fingerprint density at radius 2 is 0.918 bits per heavy atom. The molecule has 0 radical (unpaired) electrons. The number of hydrogen-bond acceptors (Lipinski definition) is 8. The number of aliphatic hydroxyl groups excluding tert-OH is 3. The largest absolute Gasteiger partial charge is 0.396 e. The average Bonchev–Trinajstić information content (AvgIpc) is 3.08. The highest BCUT2D eigenvalue weighted by Crippen LogP contribution is 2.20. The van der Waals surface area contributed by atoms with E-state index < -0.39 is 12.2 Å². The molecule has 0 bridgehead atoms. The van der Waals surface area contributed by atoms with Gasteiger partial charge in [-0.3, -0.25) is 4.90 Å². The minimum atomic E-state index is -0.513. The van der Waals surface area contributed by atoms with Crippen LogP contribution in [0.15, 0.2) is 0 Å². The van der Waals surface area contributed by atoms with Crippen molar-refractivity contribution in [2.24, 2.45) is 11.8 Å². The zero-order valence-corrected chi connectivity index (χ0v) is 33.4. The summed E-state index contributed by atoms with van der Waals surface area (Å²) in [7, 11) is 0. The SMILES string of the molecule is CCCCOC(CCC(O)CN(CCCCCO)CC(O)CCCCC(OCC(CCC)CCC)OCC(CCC)CCC)OCCCC. The fraction of sp³-hybridized carbons (Fsp3) is 1.00. The van der Waals surface area contributed by atoms with E-state index in [4.69, 9.17) is 18.9 Å². The molecular weight excluding hydrogens is 618 g/mol. The van der Waals surface area contributed by atoms with E-state index in [1.165, 1.54) is 51.4 Å². The molecule has 0 fully saturated rings. The molecule has 0 spiro atoms. The van der Waals surface area contributed by atoms with Crippen LogP contribution in [0.2, 0.25) is 0 Å². The van der Waals surface area contributed by atoms with E-state index >= 15 is 0 Å². The van der Waals surface area contributed by atoms with Gasteiger partial charge >= 0.3 is 0 Å². The van der Waals surface area contributed by atoms with Crippen LogP contribution in [0.4, 0.5) is 0 Å². The maximum atomic E-state index is 11.1. The van der Waals surface area contributed by atoms with Crippen molar-refractivity contribution >= 4 is 0 Å². The Morgan fingerprint density at radius 3 is 1.39 bits per heavy atom. The lowest BCUT2D eigenvalue weighted by Gasteiger charge is -2.28. The summed E-state index contributed by atoms with van der Waals surface area (Å²) in [6, 6.07) is 0. The number of nitrogens with zero attached hydrogens (tertiary/aromatic N) is 1. The van der Waals surface area contributed by atoms with Crippen LogP contribution in [0.5, 0.6) is 0 Å². The second-order valence-corrected chi connectivity index (χ2v) is 14.6. The van der Waals surface area contributed by atoms with Gasteiger partial charge in [-0.25, -0.2) is 0 Å². The first-order valence-corrected chi connectivity index (χ1v) is 21.0. The lowest BCUT2D eigenvalue weighted by atomic mass is 9.99. The van der Waals surface area contributed by atoms with Gasteiger partial charge in [-0.2, -0.15) is 0 Å². The van der Waals surface area contributed by atoms with Crippen molar-refractivity contribution in [1.82, 2.24) is 4.90 Å². The van der Waals surface area contributed by atoms with Gasteiger partial charge in [0.1, 0.15) is 0 Å². The lowest BCUT2D eigenvalue weighted by Crippen LogP contribution is -2.39. The van der Waals surface area contributed by atoms with Crippen LogP contribution >= 0.6 is 0 Å². The smallest absolute Gasteiger partial charge is 0.157 e. The van der Waals surface area contributed by atoms with E-state index in [2.05, 4.69) is 46.4 Å². The third-order valence-corrected chi connectivity index (χ3v) is 9.46. The first-order chi connectivity index (χ1) is 23.9. The molecule has 0 saturated heterocycles. The monoisotopic (exact) mass is 704 g/mol. The third kappa shape index (κ3) is 29.9. The van der Waals surface area contributed by atoms with Crippen molar-refractivity contribution in [3.8, 4) is 0 Å². The van der Waals surface area contributed by atoms with Gasteiger partial charge in [0.25, 0.3) is 0 Å². The molecule has 3 N–H and O–H groups in total. The van der Waals surface area contributed by atoms with Gasteiger partial charge in [-0.15, -0.1) is 0 Å². The van der Waals surface area contributed by atoms with Crippen molar-refractivity contribution in [3.05, 3.63) is 0 Å². The zero-order chi connectivity index (χ0) is 36.4. The summed E-state index contributed by atoms with van der Waals surface area (Å²) in [5, 5.41) is 31.3. The predicted molar refractivity (Wildman–Crippen MR) is 205 cm³/mol. The molecular formula is C41H85NO7. The Hall–Kier alpha value is -0.320. The first kappa shape index (κ1) is 48.7. The maximum absolute atomic E-state index is 11.1. The van der Waals surface area contributed by atoms with Crippen LogP contribution in [0.3, 0.4) is 0 Å². The molecule has 0 heterocycles. The summed E-state index contributed by atoms with van der Waals surface area (Å²) in [6.45, 7) is 18.3. The zero-order valence-electron chi connectivity index (χ0n) is 33.4. The number of rotatable bonds is 39. The highest BCUT2D eigenvalue weighted by molar-refractivity contribution is 4.71.